The van der Waals surface area contributed by atoms with Gasteiger partial charge < -0.3 is 10.4 Å². The van der Waals surface area contributed by atoms with E-state index in [4.69, 9.17) is 0 Å². The second-order valence-corrected chi connectivity index (χ2v) is 2.63. The molecule has 52 valence electrons. The maximum absolute atomic E-state index is 10.8. The lowest BCUT2D eigenvalue weighted by Crippen LogP contribution is -2.48. The summed E-state index contributed by atoms with van der Waals surface area (Å²) in [5.41, 5.74) is -1.11. The molecule has 9 heavy (non-hydrogen) atoms. The standard InChI is InChI=1S/C6H11NO2/c1-6(9)3-2-4-7-5(6)8/h9H,2-4H2,1H3,(H,7,8). The molecule has 1 fully saturated rings. The molecule has 2 N–H and O–H groups in total. The topological polar surface area (TPSA) is 49.3 Å². The van der Waals surface area contributed by atoms with Crippen molar-refractivity contribution in [3.63, 3.8) is 0 Å². The fourth-order valence-corrected chi connectivity index (χ4v) is 0.938. The minimum absolute atomic E-state index is 0.242. The van der Waals surface area contributed by atoms with Gasteiger partial charge in [0.15, 0.2) is 0 Å². The highest BCUT2D eigenvalue weighted by Gasteiger charge is 2.32. The van der Waals surface area contributed by atoms with Gasteiger partial charge in [-0.2, -0.15) is 0 Å². The molecule has 1 aliphatic heterocycles. The minimum Gasteiger partial charge on any atom is -0.380 e. The molecule has 1 unspecified atom stereocenters. The molecule has 1 rings (SSSR count). The highest BCUT2D eigenvalue weighted by molar-refractivity contribution is 5.84. The Balaban J connectivity index is 2.60. The van der Waals surface area contributed by atoms with Crippen LogP contribution in [0.25, 0.3) is 0 Å². The molecule has 1 heterocycles. The first-order valence-corrected chi connectivity index (χ1v) is 3.13. The first kappa shape index (κ1) is 6.55. The van der Waals surface area contributed by atoms with Crippen LogP contribution in [0.1, 0.15) is 19.8 Å². The molecule has 0 aromatic carbocycles. The number of piperidine rings is 1. The van der Waals surface area contributed by atoms with Gasteiger partial charge in [0.05, 0.1) is 0 Å². The Labute approximate surface area is 54.1 Å². The quantitative estimate of drug-likeness (QED) is 0.469. The summed E-state index contributed by atoms with van der Waals surface area (Å²) < 4.78 is 0. The number of carbonyl (C=O) groups is 1. The van der Waals surface area contributed by atoms with Gasteiger partial charge in [-0.15, -0.1) is 0 Å². The number of amides is 1. The molecule has 1 amide bonds. The molecule has 0 aliphatic carbocycles. The van der Waals surface area contributed by atoms with Crippen LogP contribution in [0.3, 0.4) is 0 Å². The number of carbonyl (C=O) groups excluding carboxylic acids is 1. The lowest BCUT2D eigenvalue weighted by molar-refractivity contribution is -0.141. The molecule has 0 bridgehead atoms. The third kappa shape index (κ3) is 1.21. The highest BCUT2D eigenvalue weighted by atomic mass is 16.3. The Bertz CT molecular complexity index is 131. The van der Waals surface area contributed by atoms with E-state index in [1.165, 1.54) is 0 Å². The molecule has 3 heteroatoms. The average Bonchev–Trinajstić information content (AvgIpc) is 1.77. The zero-order chi connectivity index (χ0) is 6.91. The summed E-state index contributed by atoms with van der Waals surface area (Å²) in [6.45, 7) is 2.25. The van der Waals surface area contributed by atoms with Gasteiger partial charge in [-0.05, 0) is 19.8 Å². The van der Waals surface area contributed by atoms with Crippen LogP contribution in [0, 0.1) is 0 Å². The lowest BCUT2D eigenvalue weighted by Gasteiger charge is -2.26. The summed E-state index contributed by atoms with van der Waals surface area (Å²) >= 11 is 0. The first-order chi connectivity index (χ1) is 4.13. The van der Waals surface area contributed by atoms with E-state index in [-0.39, 0.29) is 5.91 Å². The predicted molar refractivity (Wildman–Crippen MR) is 32.9 cm³/mol. The second-order valence-electron chi connectivity index (χ2n) is 2.63. The van der Waals surface area contributed by atoms with Gasteiger partial charge in [-0.25, -0.2) is 0 Å². The fraction of sp³-hybridized carbons (Fsp3) is 0.833. The van der Waals surface area contributed by atoms with Crippen molar-refractivity contribution in [3.8, 4) is 0 Å². The molecular weight excluding hydrogens is 118 g/mol. The molecule has 0 radical (unpaired) electrons. The van der Waals surface area contributed by atoms with Crippen LogP contribution >= 0.6 is 0 Å². The normalized spacial score (nSPS) is 36.0. The van der Waals surface area contributed by atoms with E-state index in [0.717, 1.165) is 6.42 Å². The third-order valence-electron chi connectivity index (χ3n) is 1.62. The molecule has 3 nitrogen and oxygen atoms in total. The Morgan fingerprint density at radius 1 is 1.78 bits per heavy atom. The van der Waals surface area contributed by atoms with Gasteiger partial charge in [0, 0.05) is 6.54 Å². The fourth-order valence-electron chi connectivity index (χ4n) is 0.938. The highest BCUT2D eigenvalue weighted by Crippen LogP contribution is 2.14. The van der Waals surface area contributed by atoms with Crippen molar-refractivity contribution in [1.29, 1.82) is 0 Å². The molecule has 1 atom stereocenters. The van der Waals surface area contributed by atoms with Crippen LogP contribution in [-0.2, 0) is 4.79 Å². The summed E-state index contributed by atoms with van der Waals surface area (Å²) in [5.74, 6) is -0.242. The van der Waals surface area contributed by atoms with Crippen molar-refractivity contribution in [2.24, 2.45) is 0 Å². The summed E-state index contributed by atoms with van der Waals surface area (Å²) in [6.07, 6.45) is 1.46. The number of hydrogen-bond acceptors (Lipinski definition) is 2. The average molecular weight is 129 g/mol. The van der Waals surface area contributed by atoms with Crippen molar-refractivity contribution in [2.75, 3.05) is 6.54 Å². The monoisotopic (exact) mass is 129 g/mol. The van der Waals surface area contributed by atoms with Crippen LogP contribution in [0.2, 0.25) is 0 Å². The summed E-state index contributed by atoms with van der Waals surface area (Å²) in [6, 6.07) is 0. The first-order valence-electron chi connectivity index (χ1n) is 3.13. The number of aliphatic hydroxyl groups is 1. The van der Waals surface area contributed by atoms with Crippen LogP contribution < -0.4 is 5.32 Å². The molecule has 1 saturated heterocycles. The van der Waals surface area contributed by atoms with E-state index in [2.05, 4.69) is 5.32 Å². The van der Waals surface area contributed by atoms with Gasteiger partial charge in [0.1, 0.15) is 5.60 Å². The molecule has 0 aromatic heterocycles. The van der Waals surface area contributed by atoms with E-state index in [1.54, 1.807) is 6.92 Å². The Morgan fingerprint density at radius 3 is 2.78 bits per heavy atom. The second kappa shape index (κ2) is 1.99. The van der Waals surface area contributed by atoms with Gasteiger partial charge in [-0.1, -0.05) is 0 Å². The molecular formula is C6H11NO2. The van der Waals surface area contributed by atoms with Gasteiger partial charge in [0.25, 0.3) is 5.91 Å². The van der Waals surface area contributed by atoms with E-state index < -0.39 is 5.60 Å². The van der Waals surface area contributed by atoms with E-state index in [1.807, 2.05) is 0 Å². The van der Waals surface area contributed by atoms with Crippen LogP contribution in [0.15, 0.2) is 0 Å². The SMILES string of the molecule is CC1(O)CCCNC1=O. The maximum atomic E-state index is 10.8. The summed E-state index contributed by atoms with van der Waals surface area (Å²) in [5, 5.41) is 11.8. The van der Waals surface area contributed by atoms with Crippen LogP contribution in [-0.4, -0.2) is 23.2 Å². The molecule has 0 aromatic rings. The number of hydrogen-bond donors (Lipinski definition) is 2. The van der Waals surface area contributed by atoms with Gasteiger partial charge in [-0.3, -0.25) is 4.79 Å². The van der Waals surface area contributed by atoms with Gasteiger partial charge >= 0.3 is 0 Å². The maximum Gasteiger partial charge on any atom is 0.251 e. The van der Waals surface area contributed by atoms with Crippen molar-refractivity contribution in [3.05, 3.63) is 0 Å². The lowest BCUT2D eigenvalue weighted by atomic mass is 9.96. The Morgan fingerprint density at radius 2 is 2.44 bits per heavy atom. The Hall–Kier alpha value is -0.570. The van der Waals surface area contributed by atoms with Crippen molar-refractivity contribution < 1.29 is 9.90 Å². The summed E-state index contributed by atoms with van der Waals surface area (Å²) in [4.78, 5) is 10.8. The smallest absolute Gasteiger partial charge is 0.251 e. The third-order valence-corrected chi connectivity index (χ3v) is 1.62. The summed E-state index contributed by atoms with van der Waals surface area (Å²) in [7, 11) is 0. The van der Waals surface area contributed by atoms with Crippen LogP contribution in [0.4, 0.5) is 0 Å². The van der Waals surface area contributed by atoms with E-state index in [0.29, 0.717) is 13.0 Å². The minimum atomic E-state index is -1.11. The van der Waals surface area contributed by atoms with E-state index in [9.17, 15) is 9.90 Å². The van der Waals surface area contributed by atoms with Crippen molar-refractivity contribution >= 4 is 5.91 Å². The largest absolute Gasteiger partial charge is 0.380 e. The Kier molecular flexibility index (Phi) is 1.45. The zero-order valence-corrected chi connectivity index (χ0v) is 5.48. The van der Waals surface area contributed by atoms with E-state index >= 15 is 0 Å². The van der Waals surface area contributed by atoms with Crippen LogP contribution in [0.5, 0.6) is 0 Å². The van der Waals surface area contributed by atoms with Crippen molar-refractivity contribution in [1.82, 2.24) is 5.32 Å². The van der Waals surface area contributed by atoms with Gasteiger partial charge in [0.2, 0.25) is 0 Å². The molecule has 1 aliphatic rings. The molecule has 0 saturated carbocycles. The number of nitrogens with one attached hydrogen (secondary N) is 1. The van der Waals surface area contributed by atoms with Crippen molar-refractivity contribution in [2.45, 2.75) is 25.4 Å². The number of rotatable bonds is 0. The molecule has 0 spiro atoms. The predicted octanol–water partition coefficient (Wildman–Crippen LogP) is -0.353. The zero-order valence-electron chi connectivity index (χ0n) is 5.48.